The lowest BCUT2D eigenvalue weighted by molar-refractivity contribution is -0.120. The minimum Gasteiger partial charge on any atom is -0.497 e. The lowest BCUT2D eigenvalue weighted by Crippen LogP contribution is -2.53. The average molecular weight is 427 g/mol. The van der Waals surface area contributed by atoms with Gasteiger partial charge in [0.05, 0.1) is 14.2 Å². The molecule has 1 N–H and O–H groups in total. The van der Waals surface area contributed by atoms with Crippen LogP contribution in [0.5, 0.6) is 11.5 Å². The Hall–Kier alpha value is -3.22. The molecule has 2 amide bonds. The predicted molar refractivity (Wildman–Crippen MR) is 119 cm³/mol. The Balaban J connectivity index is 1.87. The summed E-state index contributed by atoms with van der Waals surface area (Å²) in [6.45, 7) is 5.86. The van der Waals surface area contributed by atoms with E-state index in [9.17, 15) is 9.59 Å². The molecule has 166 valence electrons. The normalized spacial score (nSPS) is 19.0. The number of carbonyl (C=O) groups excluding carboxylic acids is 2. The van der Waals surface area contributed by atoms with Crippen molar-refractivity contribution in [3.05, 3.63) is 54.1 Å². The number of alkyl carbamates (subject to hydrolysis) is 1. The van der Waals surface area contributed by atoms with Crippen LogP contribution in [0.25, 0.3) is 0 Å². The quantitative estimate of drug-likeness (QED) is 0.778. The molecule has 1 aliphatic rings. The molecule has 0 spiro atoms. The lowest BCUT2D eigenvalue weighted by Gasteiger charge is -2.39. The van der Waals surface area contributed by atoms with Crippen LogP contribution in [-0.4, -0.2) is 44.4 Å². The highest BCUT2D eigenvalue weighted by molar-refractivity contribution is 5.95. The molecule has 0 aliphatic carbocycles. The smallest absolute Gasteiger partial charge is 0.407 e. The summed E-state index contributed by atoms with van der Waals surface area (Å²) in [5, 5.41) is 2.91. The molecule has 2 unspecified atom stereocenters. The third-order valence-corrected chi connectivity index (χ3v) is 5.19. The summed E-state index contributed by atoms with van der Waals surface area (Å²) >= 11 is 0. The highest BCUT2D eigenvalue weighted by atomic mass is 16.6. The molecule has 1 heterocycles. The first-order valence-corrected chi connectivity index (χ1v) is 10.3. The zero-order chi connectivity index (χ0) is 22.6. The van der Waals surface area contributed by atoms with Crippen molar-refractivity contribution in [2.24, 2.45) is 0 Å². The molecule has 1 fully saturated rings. The van der Waals surface area contributed by atoms with E-state index in [0.29, 0.717) is 6.54 Å². The Kier molecular flexibility index (Phi) is 6.73. The van der Waals surface area contributed by atoms with E-state index in [4.69, 9.17) is 14.2 Å². The summed E-state index contributed by atoms with van der Waals surface area (Å²) in [6.07, 6.45) is -0.358. The van der Waals surface area contributed by atoms with E-state index in [1.807, 2.05) is 69.3 Å². The van der Waals surface area contributed by atoms with Crippen LogP contribution in [0.15, 0.2) is 48.5 Å². The van der Waals surface area contributed by atoms with Gasteiger partial charge in [-0.05, 0) is 62.7 Å². The van der Waals surface area contributed by atoms with Gasteiger partial charge >= 0.3 is 6.09 Å². The largest absolute Gasteiger partial charge is 0.497 e. The van der Waals surface area contributed by atoms with Gasteiger partial charge in [0.1, 0.15) is 17.1 Å². The maximum Gasteiger partial charge on any atom is 0.407 e. The molecule has 0 radical (unpaired) electrons. The number of amides is 2. The monoisotopic (exact) mass is 426 g/mol. The Morgan fingerprint density at radius 2 is 1.52 bits per heavy atom. The zero-order valence-corrected chi connectivity index (χ0v) is 18.7. The van der Waals surface area contributed by atoms with Crippen molar-refractivity contribution in [3.63, 3.8) is 0 Å². The Bertz CT molecular complexity index is 903. The third-order valence-electron chi connectivity index (χ3n) is 5.19. The summed E-state index contributed by atoms with van der Waals surface area (Å²) < 4.78 is 15.9. The number of methoxy groups -OCH3 is 2. The van der Waals surface area contributed by atoms with Crippen molar-refractivity contribution >= 4 is 17.7 Å². The second-order valence-corrected chi connectivity index (χ2v) is 8.54. The van der Waals surface area contributed by atoms with Gasteiger partial charge in [0.15, 0.2) is 0 Å². The average Bonchev–Trinajstić information content (AvgIpc) is 2.73. The topological polar surface area (TPSA) is 77.1 Å². The van der Waals surface area contributed by atoms with E-state index < -0.39 is 11.7 Å². The van der Waals surface area contributed by atoms with Gasteiger partial charge in [-0.3, -0.25) is 4.79 Å². The fourth-order valence-corrected chi connectivity index (χ4v) is 3.68. The van der Waals surface area contributed by atoms with Gasteiger partial charge in [0.2, 0.25) is 5.91 Å². The minimum atomic E-state index is -0.618. The number of carbonyl (C=O) groups is 2. The van der Waals surface area contributed by atoms with Crippen molar-refractivity contribution < 1.29 is 23.8 Å². The van der Waals surface area contributed by atoms with Crippen LogP contribution in [-0.2, 0) is 9.53 Å². The van der Waals surface area contributed by atoms with Gasteiger partial charge in [0, 0.05) is 30.6 Å². The number of hydrogen-bond acceptors (Lipinski definition) is 5. The molecular formula is C24H30N2O5. The third kappa shape index (κ3) is 5.69. The van der Waals surface area contributed by atoms with Crippen LogP contribution in [0, 0.1) is 0 Å². The fourth-order valence-electron chi connectivity index (χ4n) is 3.68. The zero-order valence-electron chi connectivity index (χ0n) is 18.7. The maximum absolute atomic E-state index is 13.0. The molecule has 7 nitrogen and oxygen atoms in total. The summed E-state index contributed by atoms with van der Waals surface area (Å²) in [7, 11) is 3.22. The van der Waals surface area contributed by atoms with Gasteiger partial charge < -0.3 is 24.4 Å². The van der Waals surface area contributed by atoms with Crippen LogP contribution in [0.3, 0.4) is 0 Å². The van der Waals surface area contributed by atoms with Crippen molar-refractivity contribution in [1.82, 2.24) is 5.32 Å². The molecule has 2 aromatic rings. The van der Waals surface area contributed by atoms with Crippen molar-refractivity contribution in [1.29, 1.82) is 0 Å². The van der Waals surface area contributed by atoms with Crippen molar-refractivity contribution in [3.8, 4) is 11.5 Å². The first kappa shape index (κ1) is 22.5. The maximum atomic E-state index is 13.0. The fraction of sp³-hybridized carbons (Fsp3) is 0.417. The van der Waals surface area contributed by atoms with Gasteiger partial charge in [-0.25, -0.2) is 4.79 Å². The second-order valence-electron chi connectivity index (χ2n) is 8.54. The molecule has 0 aromatic heterocycles. The van der Waals surface area contributed by atoms with E-state index in [0.717, 1.165) is 22.7 Å². The van der Waals surface area contributed by atoms with Gasteiger partial charge in [-0.1, -0.05) is 12.1 Å². The summed E-state index contributed by atoms with van der Waals surface area (Å²) in [5.74, 6) is 1.30. The molecule has 7 heteroatoms. The molecule has 1 aliphatic heterocycles. The van der Waals surface area contributed by atoms with Crippen LogP contribution in [0.4, 0.5) is 10.5 Å². The van der Waals surface area contributed by atoms with E-state index in [1.165, 1.54) is 0 Å². The number of rotatable bonds is 5. The van der Waals surface area contributed by atoms with Crippen LogP contribution >= 0.6 is 0 Å². The molecule has 2 atom stereocenters. The molecule has 3 rings (SSSR count). The molecular weight excluding hydrogens is 396 g/mol. The highest BCUT2D eigenvalue weighted by Crippen LogP contribution is 2.33. The Labute approximate surface area is 183 Å². The number of nitrogens with zero attached hydrogens (tertiary/aromatic N) is 1. The molecule has 0 bridgehead atoms. The predicted octanol–water partition coefficient (Wildman–Crippen LogP) is 4.12. The SMILES string of the molecule is COc1ccc(C2CN(c3ccc(OC)cc3)C(=O)CC2NC(=O)OC(C)(C)C)cc1. The lowest BCUT2D eigenvalue weighted by atomic mass is 9.85. The van der Waals surface area contributed by atoms with Crippen LogP contribution in [0.1, 0.15) is 38.7 Å². The van der Waals surface area contributed by atoms with Gasteiger partial charge in [0.25, 0.3) is 0 Å². The molecule has 2 aromatic carbocycles. The van der Waals surface area contributed by atoms with Crippen LogP contribution < -0.4 is 19.7 Å². The minimum absolute atomic E-state index is 0.0593. The summed E-state index contributed by atoms with van der Waals surface area (Å²) in [6, 6.07) is 14.7. The first-order chi connectivity index (χ1) is 14.7. The molecule has 0 saturated carbocycles. The summed E-state index contributed by atoms with van der Waals surface area (Å²) in [5.41, 5.74) is 1.18. The number of ether oxygens (including phenoxy) is 3. The molecule has 1 saturated heterocycles. The molecule has 31 heavy (non-hydrogen) atoms. The van der Waals surface area contributed by atoms with E-state index in [1.54, 1.807) is 19.1 Å². The van der Waals surface area contributed by atoms with Crippen molar-refractivity contribution in [2.45, 2.75) is 44.8 Å². The van der Waals surface area contributed by atoms with Gasteiger partial charge in [-0.2, -0.15) is 0 Å². The number of hydrogen-bond donors (Lipinski definition) is 1. The van der Waals surface area contributed by atoms with E-state index in [2.05, 4.69) is 5.32 Å². The van der Waals surface area contributed by atoms with E-state index >= 15 is 0 Å². The Morgan fingerprint density at radius 3 is 2.03 bits per heavy atom. The number of nitrogens with one attached hydrogen (secondary N) is 1. The number of benzene rings is 2. The highest BCUT2D eigenvalue weighted by Gasteiger charge is 2.37. The number of piperidine rings is 1. The van der Waals surface area contributed by atoms with Crippen molar-refractivity contribution in [2.75, 3.05) is 25.7 Å². The summed E-state index contributed by atoms with van der Waals surface area (Å²) in [4.78, 5) is 27.2. The van der Waals surface area contributed by atoms with Gasteiger partial charge in [-0.15, -0.1) is 0 Å². The first-order valence-electron chi connectivity index (χ1n) is 10.3. The number of anilines is 1. The second kappa shape index (κ2) is 9.29. The van der Waals surface area contributed by atoms with E-state index in [-0.39, 0.29) is 24.3 Å². The standard InChI is InChI=1S/C24H30N2O5/c1-24(2,3)31-23(28)25-21-14-22(27)26(17-8-12-19(30-5)13-9-17)15-20(21)16-6-10-18(29-4)11-7-16/h6-13,20-21H,14-15H2,1-5H3,(H,25,28). The Morgan fingerprint density at radius 1 is 0.968 bits per heavy atom. The van der Waals surface area contributed by atoms with Crippen LogP contribution in [0.2, 0.25) is 0 Å².